The molecule has 0 spiro atoms. The summed E-state index contributed by atoms with van der Waals surface area (Å²) < 4.78 is 39.8. The highest BCUT2D eigenvalue weighted by Gasteiger charge is 2.37. The molecule has 2 aliphatic rings. The highest BCUT2D eigenvalue weighted by atomic mass is 35.5. The van der Waals surface area contributed by atoms with E-state index in [1.165, 1.54) is 12.5 Å². The molecule has 3 rings (SSSR count). The monoisotopic (exact) mass is 432 g/mol. The quantitative estimate of drug-likeness (QED) is 0.655. The maximum Gasteiger partial charge on any atom is 0.417 e. The van der Waals surface area contributed by atoms with Crippen molar-refractivity contribution in [2.24, 2.45) is 5.92 Å². The second-order valence-electron chi connectivity index (χ2n) is 6.84. The highest BCUT2D eigenvalue weighted by molar-refractivity contribution is 6.32. The number of hydrogen-bond donors (Lipinski definition) is 1. The van der Waals surface area contributed by atoms with Gasteiger partial charge in [-0.3, -0.25) is 4.90 Å². The largest absolute Gasteiger partial charge is 0.417 e. The molecule has 1 heterocycles. The predicted octanol–water partition coefficient (Wildman–Crippen LogP) is 5.73. The number of alkyl halides is 3. The lowest BCUT2D eigenvalue weighted by Gasteiger charge is -2.41. The van der Waals surface area contributed by atoms with Crippen LogP contribution < -0.4 is 5.32 Å². The van der Waals surface area contributed by atoms with Crippen LogP contribution in [0.1, 0.15) is 49.3 Å². The van der Waals surface area contributed by atoms with Gasteiger partial charge in [-0.2, -0.15) is 13.2 Å². The minimum Gasteiger partial charge on any atom is -0.314 e. The van der Waals surface area contributed by atoms with Gasteiger partial charge in [-0.15, -0.1) is 24.8 Å². The number of nitrogens with zero attached hydrogens (tertiary/aromatic N) is 1. The Hall–Kier alpha value is -0.200. The SMILES string of the molecule is Cl.Cl.FC(F)(F)c1cccc([C@H](C2CCCCC2)N2CCNCC2)c1Cl. The molecule has 0 radical (unpaired) electrons. The lowest BCUT2D eigenvalue weighted by Crippen LogP contribution is -2.47. The Morgan fingerprint density at radius 2 is 1.65 bits per heavy atom. The Bertz CT molecular complexity index is 539. The van der Waals surface area contributed by atoms with Gasteiger partial charge in [0.25, 0.3) is 0 Å². The smallest absolute Gasteiger partial charge is 0.314 e. The molecule has 0 unspecified atom stereocenters. The van der Waals surface area contributed by atoms with Crippen LogP contribution in [0.25, 0.3) is 0 Å². The first-order chi connectivity index (χ1) is 11.5. The number of piperazine rings is 1. The third-order valence-corrected chi connectivity index (χ3v) is 5.72. The van der Waals surface area contributed by atoms with Crippen molar-refractivity contribution in [3.8, 4) is 0 Å². The summed E-state index contributed by atoms with van der Waals surface area (Å²) in [5.41, 5.74) is -0.0575. The van der Waals surface area contributed by atoms with E-state index in [9.17, 15) is 13.2 Å². The zero-order chi connectivity index (χ0) is 17.2. The van der Waals surface area contributed by atoms with Crippen LogP contribution in [0.3, 0.4) is 0 Å². The topological polar surface area (TPSA) is 15.3 Å². The van der Waals surface area contributed by atoms with E-state index in [4.69, 9.17) is 11.6 Å². The summed E-state index contributed by atoms with van der Waals surface area (Å²) in [6.07, 6.45) is 1.27. The molecule has 2 fully saturated rings. The van der Waals surface area contributed by atoms with E-state index >= 15 is 0 Å². The van der Waals surface area contributed by atoms with Gasteiger partial charge in [0, 0.05) is 32.2 Å². The minimum absolute atomic E-state index is 0. The maximum atomic E-state index is 13.3. The fraction of sp³-hybridized carbons (Fsp3) is 0.667. The van der Waals surface area contributed by atoms with Crippen LogP contribution >= 0.6 is 36.4 Å². The van der Waals surface area contributed by atoms with Crippen molar-refractivity contribution in [2.75, 3.05) is 26.2 Å². The van der Waals surface area contributed by atoms with E-state index in [1.54, 1.807) is 6.07 Å². The normalized spacial score (nSPS) is 20.8. The average Bonchev–Trinajstić information content (AvgIpc) is 2.58. The fourth-order valence-corrected chi connectivity index (χ4v) is 4.50. The van der Waals surface area contributed by atoms with Crippen molar-refractivity contribution in [1.29, 1.82) is 0 Å². The van der Waals surface area contributed by atoms with E-state index in [0.717, 1.165) is 57.9 Å². The molecular weight excluding hydrogens is 408 g/mol. The average molecular weight is 434 g/mol. The number of rotatable bonds is 3. The van der Waals surface area contributed by atoms with Crippen LogP contribution in [-0.4, -0.2) is 31.1 Å². The maximum absolute atomic E-state index is 13.3. The Morgan fingerprint density at radius 3 is 2.23 bits per heavy atom. The molecule has 1 saturated heterocycles. The molecule has 2 nitrogen and oxygen atoms in total. The summed E-state index contributed by atoms with van der Waals surface area (Å²) >= 11 is 6.26. The van der Waals surface area contributed by atoms with Crippen LogP contribution in [-0.2, 0) is 6.18 Å². The second-order valence-corrected chi connectivity index (χ2v) is 7.21. The van der Waals surface area contributed by atoms with Gasteiger partial charge in [0.05, 0.1) is 10.6 Å². The third-order valence-electron chi connectivity index (χ3n) is 5.29. The van der Waals surface area contributed by atoms with Crippen LogP contribution in [0.15, 0.2) is 18.2 Å². The van der Waals surface area contributed by atoms with Crippen molar-refractivity contribution in [3.63, 3.8) is 0 Å². The van der Waals surface area contributed by atoms with Gasteiger partial charge in [0.2, 0.25) is 0 Å². The van der Waals surface area contributed by atoms with Gasteiger partial charge in [-0.05, 0) is 30.4 Å². The van der Waals surface area contributed by atoms with Gasteiger partial charge in [0.1, 0.15) is 0 Å². The molecule has 1 atom stereocenters. The Labute approximate surface area is 170 Å². The molecule has 1 saturated carbocycles. The van der Waals surface area contributed by atoms with Crippen molar-refractivity contribution < 1.29 is 13.2 Å². The van der Waals surface area contributed by atoms with Crippen molar-refractivity contribution in [3.05, 3.63) is 34.3 Å². The number of nitrogens with one attached hydrogen (secondary N) is 1. The molecule has 150 valence electrons. The molecule has 1 aliphatic carbocycles. The lowest BCUT2D eigenvalue weighted by molar-refractivity contribution is -0.137. The van der Waals surface area contributed by atoms with Crippen molar-refractivity contribution in [1.82, 2.24) is 10.2 Å². The van der Waals surface area contributed by atoms with Crippen LogP contribution in [0, 0.1) is 5.92 Å². The number of halogens is 6. The molecule has 1 aromatic carbocycles. The molecule has 0 bridgehead atoms. The first-order valence-corrected chi connectivity index (χ1v) is 9.16. The first-order valence-electron chi connectivity index (χ1n) is 8.79. The van der Waals surface area contributed by atoms with Gasteiger partial charge in [-0.1, -0.05) is 43.0 Å². The molecule has 26 heavy (non-hydrogen) atoms. The van der Waals surface area contributed by atoms with Gasteiger partial charge >= 0.3 is 6.18 Å². The van der Waals surface area contributed by atoms with E-state index < -0.39 is 11.7 Å². The lowest BCUT2D eigenvalue weighted by atomic mass is 9.79. The molecule has 8 heteroatoms. The predicted molar refractivity (Wildman–Crippen MR) is 105 cm³/mol. The Morgan fingerprint density at radius 1 is 1.04 bits per heavy atom. The van der Waals surface area contributed by atoms with Crippen LogP contribution in [0.2, 0.25) is 5.02 Å². The van der Waals surface area contributed by atoms with Gasteiger partial charge in [-0.25, -0.2) is 0 Å². The Kier molecular flexibility index (Phi) is 9.51. The summed E-state index contributed by atoms with van der Waals surface area (Å²) in [4.78, 5) is 2.33. The second kappa shape index (κ2) is 10.4. The molecule has 0 amide bonds. The van der Waals surface area contributed by atoms with E-state index in [0.29, 0.717) is 11.5 Å². The van der Waals surface area contributed by atoms with Gasteiger partial charge < -0.3 is 5.32 Å². The fourth-order valence-electron chi connectivity index (χ4n) is 4.16. The summed E-state index contributed by atoms with van der Waals surface area (Å²) in [5.74, 6) is 0.387. The van der Waals surface area contributed by atoms with Gasteiger partial charge in [0.15, 0.2) is 0 Å². The summed E-state index contributed by atoms with van der Waals surface area (Å²) in [5, 5.41) is 3.21. The van der Waals surface area contributed by atoms with E-state index in [1.807, 2.05) is 0 Å². The molecule has 0 aromatic heterocycles. The standard InChI is InChI=1S/C18H24ClF3N2.2ClH/c19-16-14(7-4-8-15(16)18(20,21)22)17(13-5-2-1-3-6-13)24-11-9-23-10-12-24;;/h4,7-8,13,17,23H,1-3,5-6,9-12H2;2*1H/t17-;;/m0../s1. The summed E-state index contributed by atoms with van der Waals surface area (Å²) in [6.45, 7) is 3.46. The Balaban J connectivity index is 0.00000169. The molecule has 1 N–H and O–H groups in total. The van der Waals surface area contributed by atoms with Crippen LogP contribution in [0.5, 0.6) is 0 Å². The summed E-state index contributed by atoms with van der Waals surface area (Å²) in [7, 11) is 0. The molecule has 1 aliphatic heterocycles. The third kappa shape index (κ3) is 5.41. The summed E-state index contributed by atoms with van der Waals surface area (Å²) in [6, 6.07) is 4.37. The van der Waals surface area contributed by atoms with Crippen LogP contribution in [0.4, 0.5) is 13.2 Å². The highest BCUT2D eigenvalue weighted by Crippen LogP contribution is 2.44. The van der Waals surface area contributed by atoms with E-state index in [-0.39, 0.29) is 35.9 Å². The first kappa shape index (κ1) is 23.8. The molecule has 1 aromatic rings. The minimum atomic E-state index is -4.41. The van der Waals surface area contributed by atoms with Crippen molar-refractivity contribution >= 4 is 36.4 Å². The molecular formula is C18H26Cl3F3N2. The zero-order valence-electron chi connectivity index (χ0n) is 14.5. The van der Waals surface area contributed by atoms with E-state index in [2.05, 4.69) is 10.2 Å². The zero-order valence-corrected chi connectivity index (χ0v) is 16.9. The van der Waals surface area contributed by atoms with Crippen molar-refractivity contribution in [2.45, 2.75) is 44.3 Å². The number of benzene rings is 1. The number of hydrogen-bond acceptors (Lipinski definition) is 2.